The molecule has 1 aliphatic rings. The van der Waals surface area contributed by atoms with Gasteiger partial charge >= 0.3 is 0 Å². The molecule has 2 rings (SSSR count). The van der Waals surface area contributed by atoms with E-state index >= 15 is 0 Å². The minimum absolute atomic E-state index is 0.0451. The van der Waals surface area contributed by atoms with Gasteiger partial charge in [-0.15, -0.1) is 0 Å². The summed E-state index contributed by atoms with van der Waals surface area (Å²) in [5.41, 5.74) is 6.27. The fourth-order valence-electron chi connectivity index (χ4n) is 2.89. The molecule has 0 bridgehead atoms. The van der Waals surface area contributed by atoms with Crippen LogP contribution in [-0.4, -0.2) is 56.2 Å². The van der Waals surface area contributed by atoms with E-state index in [0.29, 0.717) is 0 Å². The molecular formula is C21H40N4O4Si2. The lowest BCUT2D eigenvalue weighted by molar-refractivity contribution is -0.0482. The number of ether oxygens (including phenoxy) is 1. The number of imidazole rings is 1. The molecule has 0 unspecified atom stereocenters. The molecule has 0 aliphatic carbocycles. The number of aliphatic hydroxyl groups excluding tert-OH is 1. The van der Waals surface area contributed by atoms with E-state index in [0.717, 1.165) is 0 Å². The van der Waals surface area contributed by atoms with Crippen LogP contribution in [0.2, 0.25) is 36.3 Å². The topological polar surface area (TPSA) is 116 Å². The normalized spacial score (nSPS) is 25.6. The number of aromatic nitrogens is 2. The summed E-state index contributed by atoms with van der Waals surface area (Å²) < 4.78 is 20.8. The monoisotopic (exact) mass is 468 g/mol. The van der Waals surface area contributed by atoms with Crippen molar-refractivity contribution in [2.45, 2.75) is 102 Å². The number of anilines is 1. The summed E-state index contributed by atoms with van der Waals surface area (Å²) in [6, 6.07) is 1.98. The highest BCUT2D eigenvalue weighted by Crippen LogP contribution is 2.43. The summed E-state index contributed by atoms with van der Waals surface area (Å²) in [6.45, 7) is 21.8. The van der Waals surface area contributed by atoms with Crippen molar-refractivity contribution in [1.29, 1.82) is 5.26 Å². The third-order valence-corrected chi connectivity index (χ3v) is 16.2. The van der Waals surface area contributed by atoms with Crippen LogP contribution in [0.4, 0.5) is 5.82 Å². The third-order valence-electron chi connectivity index (χ3n) is 7.18. The number of hydrogen-bond acceptors (Lipinski definition) is 7. The predicted molar refractivity (Wildman–Crippen MR) is 126 cm³/mol. The highest BCUT2D eigenvalue weighted by atomic mass is 28.4. The molecule has 3 N–H and O–H groups in total. The van der Waals surface area contributed by atoms with Crippen LogP contribution in [-0.2, 0) is 13.6 Å². The Balaban J connectivity index is 2.35. The first-order chi connectivity index (χ1) is 13.9. The molecule has 8 nitrogen and oxygen atoms in total. The molecule has 10 heteroatoms. The van der Waals surface area contributed by atoms with E-state index in [1.807, 2.05) is 6.07 Å². The van der Waals surface area contributed by atoms with E-state index in [1.54, 1.807) is 4.57 Å². The number of nitrogen functional groups attached to an aromatic ring is 1. The van der Waals surface area contributed by atoms with Crippen LogP contribution >= 0.6 is 0 Å². The van der Waals surface area contributed by atoms with Gasteiger partial charge in [0.1, 0.15) is 36.5 Å². The van der Waals surface area contributed by atoms with Crippen molar-refractivity contribution in [3.63, 3.8) is 0 Å². The summed E-state index contributed by atoms with van der Waals surface area (Å²) in [4.78, 5) is 4.07. The predicted octanol–water partition coefficient (Wildman–Crippen LogP) is 4.01. The van der Waals surface area contributed by atoms with Gasteiger partial charge in [-0.1, -0.05) is 41.5 Å². The Bertz CT molecular complexity index is 821. The summed E-state index contributed by atoms with van der Waals surface area (Å²) in [7, 11) is -4.26. The van der Waals surface area contributed by atoms with Gasteiger partial charge in [-0.25, -0.2) is 4.98 Å². The molecule has 176 valence electrons. The van der Waals surface area contributed by atoms with E-state index in [4.69, 9.17) is 19.3 Å². The largest absolute Gasteiger partial charge is 0.414 e. The van der Waals surface area contributed by atoms with Crippen LogP contribution in [0.1, 0.15) is 53.5 Å². The first kappa shape index (κ1) is 26.0. The van der Waals surface area contributed by atoms with Crippen LogP contribution in [0.15, 0.2) is 6.33 Å². The van der Waals surface area contributed by atoms with E-state index < -0.39 is 41.2 Å². The van der Waals surface area contributed by atoms with Crippen LogP contribution in [0.25, 0.3) is 0 Å². The molecule has 1 saturated heterocycles. The van der Waals surface area contributed by atoms with Crippen molar-refractivity contribution in [3.05, 3.63) is 12.0 Å². The fraction of sp³-hybridized carbons (Fsp3) is 0.810. The van der Waals surface area contributed by atoms with E-state index in [-0.39, 0.29) is 28.2 Å². The molecule has 0 spiro atoms. The molecule has 2 heterocycles. The van der Waals surface area contributed by atoms with E-state index in [1.165, 1.54) is 6.33 Å². The zero-order chi connectivity index (χ0) is 24.0. The number of nitrogens with zero attached hydrogens (tertiary/aromatic N) is 3. The summed E-state index contributed by atoms with van der Waals surface area (Å²) in [6.07, 6.45) is -1.31. The zero-order valence-electron chi connectivity index (χ0n) is 20.7. The van der Waals surface area contributed by atoms with Gasteiger partial charge in [0.2, 0.25) is 0 Å². The highest BCUT2D eigenvalue weighted by molar-refractivity contribution is 6.74. The van der Waals surface area contributed by atoms with Gasteiger partial charge in [-0.2, -0.15) is 5.26 Å². The van der Waals surface area contributed by atoms with Crippen LogP contribution in [0.3, 0.4) is 0 Å². The highest BCUT2D eigenvalue weighted by Gasteiger charge is 2.51. The second-order valence-electron chi connectivity index (χ2n) is 11.5. The Labute approximate surface area is 189 Å². The van der Waals surface area contributed by atoms with Crippen molar-refractivity contribution in [1.82, 2.24) is 9.55 Å². The van der Waals surface area contributed by atoms with Gasteiger partial charge < -0.3 is 24.4 Å². The van der Waals surface area contributed by atoms with E-state index in [9.17, 15) is 10.4 Å². The lowest BCUT2D eigenvalue weighted by Gasteiger charge is -2.40. The van der Waals surface area contributed by atoms with Crippen molar-refractivity contribution in [2.24, 2.45) is 0 Å². The summed E-state index contributed by atoms with van der Waals surface area (Å²) >= 11 is 0. The molecule has 0 saturated carbocycles. The molecule has 1 aromatic rings. The van der Waals surface area contributed by atoms with Gasteiger partial charge in [-0.05, 0) is 36.3 Å². The van der Waals surface area contributed by atoms with Gasteiger partial charge in [-0.3, -0.25) is 4.57 Å². The van der Waals surface area contributed by atoms with Gasteiger partial charge in [0.15, 0.2) is 28.6 Å². The van der Waals surface area contributed by atoms with Gasteiger partial charge in [0.05, 0.1) is 6.61 Å². The molecule has 1 aromatic heterocycles. The number of nitrogens with two attached hydrogens (primary N) is 1. The second-order valence-corrected chi connectivity index (χ2v) is 21.0. The molecule has 4 atom stereocenters. The Kier molecular flexibility index (Phi) is 7.23. The summed E-state index contributed by atoms with van der Waals surface area (Å²) in [5.74, 6) is 0.203. The molecule has 0 radical (unpaired) electrons. The van der Waals surface area contributed by atoms with Crippen molar-refractivity contribution < 1.29 is 18.7 Å². The third kappa shape index (κ3) is 5.23. The van der Waals surface area contributed by atoms with Crippen LogP contribution < -0.4 is 5.73 Å². The zero-order valence-corrected chi connectivity index (χ0v) is 22.7. The maximum absolute atomic E-state index is 11.2. The molecule has 1 fully saturated rings. The maximum atomic E-state index is 11.2. The number of aliphatic hydroxyl groups is 1. The lowest BCUT2D eigenvalue weighted by Crippen LogP contribution is -2.49. The Morgan fingerprint density at radius 1 is 1.16 bits per heavy atom. The van der Waals surface area contributed by atoms with Gasteiger partial charge in [0, 0.05) is 0 Å². The van der Waals surface area contributed by atoms with E-state index in [2.05, 4.69) is 72.7 Å². The Morgan fingerprint density at radius 3 is 2.16 bits per heavy atom. The minimum Gasteiger partial charge on any atom is -0.414 e. The maximum Gasteiger partial charge on any atom is 0.192 e. The fourth-order valence-corrected chi connectivity index (χ4v) is 5.19. The quantitative estimate of drug-likeness (QED) is 0.606. The second kappa shape index (κ2) is 8.61. The summed E-state index contributed by atoms with van der Waals surface area (Å²) in [5, 5.41) is 20.5. The average Bonchev–Trinajstić information content (AvgIpc) is 3.11. The lowest BCUT2D eigenvalue weighted by atomic mass is 10.1. The molecule has 0 aromatic carbocycles. The Hall–Kier alpha value is -1.23. The molecule has 0 amide bonds. The van der Waals surface area contributed by atoms with Crippen molar-refractivity contribution in [3.8, 4) is 6.07 Å². The Morgan fingerprint density at radius 2 is 1.71 bits per heavy atom. The van der Waals surface area contributed by atoms with Crippen LogP contribution in [0.5, 0.6) is 0 Å². The molecule has 1 aliphatic heterocycles. The van der Waals surface area contributed by atoms with Crippen molar-refractivity contribution >= 4 is 22.5 Å². The first-order valence-corrected chi connectivity index (χ1v) is 16.6. The molecule has 31 heavy (non-hydrogen) atoms. The number of rotatable bonds is 6. The average molecular weight is 469 g/mol. The number of nitriles is 1. The van der Waals surface area contributed by atoms with Gasteiger partial charge in [0.25, 0.3) is 0 Å². The smallest absolute Gasteiger partial charge is 0.192 e. The van der Waals surface area contributed by atoms with Crippen LogP contribution in [0, 0.1) is 11.3 Å². The standard InChI is InChI=1S/C21H40N4O4Si2/c1-20(2,3)30(7,8)27-12-15-16(26)17(29-31(9,10)21(4,5)6)19(28-15)25-13-24-14(11-22)18(25)23/h13,15-17,19,26H,12,23H2,1-10H3/t15-,16-,17-,19+/m1/s1. The SMILES string of the molecule is CC(C)(C)[Si](C)(C)OC[C@H]1O[C@H](n2cnc(C#N)c2N)[C@H](O[Si](C)(C)C(C)(C)C)[C@@H]1O. The first-order valence-electron chi connectivity index (χ1n) is 10.8. The minimum atomic E-state index is -2.24. The number of hydrogen-bond donors (Lipinski definition) is 2. The van der Waals surface area contributed by atoms with Crippen molar-refractivity contribution in [2.75, 3.05) is 12.3 Å². The molecular weight excluding hydrogens is 428 g/mol.